The van der Waals surface area contributed by atoms with Crippen molar-refractivity contribution in [1.29, 1.82) is 21.0 Å². The number of ether oxygens (including phenoxy) is 2. The summed E-state index contributed by atoms with van der Waals surface area (Å²) in [6.45, 7) is 4.15. The number of rotatable bonds is 6. The Kier molecular flexibility index (Phi) is 6.73. The Hall–Kier alpha value is -4.44. The monoisotopic (exact) mass is 586 g/mol. The van der Waals surface area contributed by atoms with Crippen LogP contribution in [0.2, 0.25) is 0 Å². The largest absolute Gasteiger partial charge is 0.495 e. The van der Waals surface area contributed by atoms with E-state index < -0.39 is 5.41 Å². The van der Waals surface area contributed by atoms with Gasteiger partial charge in [0.1, 0.15) is 65.5 Å². The molecular formula is C25H14N8O2S4. The van der Waals surface area contributed by atoms with Gasteiger partial charge in [0.05, 0.1) is 40.8 Å². The second-order valence-corrected chi connectivity index (χ2v) is 12.4. The molecule has 0 bridgehead atoms. The van der Waals surface area contributed by atoms with Crippen molar-refractivity contribution in [2.24, 2.45) is 9.98 Å². The van der Waals surface area contributed by atoms with Gasteiger partial charge < -0.3 is 9.47 Å². The smallest absolute Gasteiger partial charge is 0.219 e. The molecule has 0 aliphatic heterocycles. The molecule has 0 saturated heterocycles. The van der Waals surface area contributed by atoms with Crippen molar-refractivity contribution in [2.45, 2.75) is 19.3 Å². The van der Waals surface area contributed by atoms with Crippen LogP contribution in [0.15, 0.2) is 22.1 Å². The first-order valence-electron chi connectivity index (χ1n) is 10.9. The van der Waals surface area contributed by atoms with Gasteiger partial charge in [-0.25, -0.2) is 20.0 Å². The topological polar surface area (TPSA) is 164 Å². The number of nitriles is 4. The molecule has 1 aliphatic rings. The Morgan fingerprint density at radius 2 is 1.08 bits per heavy atom. The van der Waals surface area contributed by atoms with E-state index in [-0.39, 0.29) is 11.4 Å². The standard InChI is InChI=1S/C25H14N8O2S4/c1-25(2)21-19(38-23(32-21)17-13(34-3)5-15(36-17)30-11(7-26)8-27)20-22(25)33-24(39-20)18-14(35-4)6-16(37-18)31-12(9-28)10-29/h5-6H,1-4H3. The Labute approximate surface area is 238 Å². The van der Waals surface area contributed by atoms with Crippen LogP contribution in [-0.2, 0) is 5.41 Å². The minimum absolute atomic E-state index is 0.232. The lowest BCUT2D eigenvalue weighted by Gasteiger charge is -2.16. The molecule has 0 radical (unpaired) electrons. The van der Waals surface area contributed by atoms with Gasteiger partial charge in [-0.05, 0) is 13.8 Å². The number of fused-ring (bicyclic) bond motifs is 3. The van der Waals surface area contributed by atoms with Gasteiger partial charge in [0, 0.05) is 12.1 Å². The molecule has 39 heavy (non-hydrogen) atoms. The van der Waals surface area contributed by atoms with Crippen molar-refractivity contribution in [2.75, 3.05) is 14.2 Å². The Balaban J connectivity index is 1.59. The molecule has 0 amide bonds. The van der Waals surface area contributed by atoms with E-state index in [2.05, 4.69) is 23.8 Å². The summed E-state index contributed by atoms with van der Waals surface area (Å²) in [4.78, 5) is 21.7. The Bertz CT molecular complexity index is 1710. The van der Waals surface area contributed by atoms with Crippen LogP contribution in [0.1, 0.15) is 25.2 Å². The maximum Gasteiger partial charge on any atom is 0.219 e. The Morgan fingerprint density at radius 1 is 0.692 bits per heavy atom. The lowest BCUT2D eigenvalue weighted by Crippen LogP contribution is -2.17. The third kappa shape index (κ3) is 4.36. The highest BCUT2D eigenvalue weighted by atomic mass is 32.1. The maximum absolute atomic E-state index is 9.06. The lowest BCUT2D eigenvalue weighted by atomic mass is 9.90. The van der Waals surface area contributed by atoms with Crippen LogP contribution < -0.4 is 9.47 Å². The van der Waals surface area contributed by atoms with E-state index in [4.69, 9.17) is 40.5 Å². The summed E-state index contributed by atoms with van der Waals surface area (Å²) in [5.41, 5.74) is 0.895. The van der Waals surface area contributed by atoms with Crippen molar-refractivity contribution in [3.63, 3.8) is 0 Å². The predicted molar refractivity (Wildman–Crippen MR) is 152 cm³/mol. The van der Waals surface area contributed by atoms with E-state index in [1.54, 1.807) is 50.6 Å². The minimum atomic E-state index is -0.464. The molecule has 1 aliphatic carbocycles. The number of aromatic nitrogens is 2. The summed E-state index contributed by atoms with van der Waals surface area (Å²) in [6, 6.07) is 10.5. The number of hydrogen-bond donors (Lipinski definition) is 0. The van der Waals surface area contributed by atoms with Gasteiger partial charge in [-0.15, -0.1) is 45.3 Å². The van der Waals surface area contributed by atoms with Gasteiger partial charge in [-0.2, -0.15) is 21.0 Å². The molecule has 0 spiro atoms. The number of hydrogen-bond acceptors (Lipinski definition) is 14. The molecule has 0 saturated carbocycles. The summed E-state index contributed by atoms with van der Waals surface area (Å²) in [7, 11) is 3.10. The molecular weight excluding hydrogens is 573 g/mol. The van der Waals surface area contributed by atoms with Gasteiger partial charge in [0.25, 0.3) is 0 Å². The van der Waals surface area contributed by atoms with Gasteiger partial charge in [-0.3, -0.25) is 0 Å². The van der Waals surface area contributed by atoms with Gasteiger partial charge >= 0.3 is 0 Å². The van der Waals surface area contributed by atoms with Crippen molar-refractivity contribution in [1.82, 2.24) is 9.97 Å². The Morgan fingerprint density at radius 3 is 1.41 bits per heavy atom. The van der Waals surface area contributed by atoms with E-state index in [0.717, 1.165) is 40.9 Å². The first-order valence-corrected chi connectivity index (χ1v) is 14.2. The van der Waals surface area contributed by atoms with Crippen molar-refractivity contribution in [3.05, 3.63) is 23.5 Å². The fraction of sp³-hybridized carbons (Fsp3) is 0.200. The average Bonchev–Trinajstić information content (AvgIpc) is 3.74. The summed E-state index contributed by atoms with van der Waals surface area (Å²) < 4.78 is 11.1. The fourth-order valence-corrected chi connectivity index (χ4v) is 8.65. The van der Waals surface area contributed by atoms with Crippen molar-refractivity contribution < 1.29 is 9.47 Å². The molecule has 190 valence electrons. The number of nitrogens with zero attached hydrogens (tertiary/aromatic N) is 8. The van der Waals surface area contributed by atoms with E-state index in [9.17, 15) is 0 Å². The molecule has 14 heteroatoms. The molecule has 0 aromatic carbocycles. The van der Waals surface area contributed by atoms with E-state index in [1.165, 1.54) is 45.3 Å². The summed E-state index contributed by atoms with van der Waals surface area (Å²) in [5.74, 6) is 1.13. The zero-order chi connectivity index (χ0) is 27.9. The predicted octanol–water partition coefficient (Wildman–Crippen LogP) is 6.62. The summed E-state index contributed by atoms with van der Waals surface area (Å²) >= 11 is 5.64. The molecule has 10 nitrogen and oxygen atoms in total. The van der Waals surface area contributed by atoms with Crippen molar-refractivity contribution >= 4 is 66.8 Å². The number of thiazole rings is 2. The number of methoxy groups -OCH3 is 2. The highest BCUT2D eigenvalue weighted by Crippen LogP contribution is 2.58. The molecule has 0 unspecified atom stereocenters. The normalized spacial score (nSPS) is 12.2. The van der Waals surface area contributed by atoms with Crippen LogP contribution in [0.25, 0.3) is 29.5 Å². The maximum atomic E-state index is 9.06. The van der Waals surface area contributed by atoms with Gasteiger partial charge in [0.15, 0.2) is 0 Å². The first-order chi connectivity index (χ1) is 18.8. The number of thiophene rings is 2. The van der Waals surface area contributed by atoms with Crippen LogP contribution in [0.4, 0.5) is 10.0 Å². The van der Waals surface area contributed by atoms with Crippen LogP contribution in [0, 0.1) is 45.3 Å². The highest BCUT2D eigenvalue weighted by Gasteiger charge is 2.43. The van der Waals surface area contributed by atoms with Crippen LogP contribution in [-0.4, -0.2) is 35.6 Å². The van der Waals surface area contributed by atoms with Gasteiger partial charge in [-0.1, -0.05) is 0 Å². The average molecular weight is 587 g/mol. The summed E-state index contributed by atoms with van der Waals surface area (Å²) in [6.07, 6.45) is 0. The molecule has 5 rings (SSSR count). The molecule has 4 heterocycles. The quantitative estimate of drug-likeness (QED) is 0.227. The second kappa shape index (κ2) is 10.0. The van der Waals surface area contributed by atoms with E-state index in [1.807, 2.05) is 0 Å². The highest BCUT2D eigenvalue weighted by molar-refractivity contribution is 7.29. The molecule has 0 N–H and O–H groups in total. The first kappa shape index (κ1) is 26.2. The van der Waals surface area contributed by atoms with Crippen LogP contribution >= 0.6 is 45.3 Å². The number of aliphatic imine (C=N–C) groups is 2. The fourth-order valence-electron chi connectivity index (χ4n) is 3.91. The minimum Gasteiger partial charge on any atom is -0.495 e. The second-order valence-electron chi connectivity index (χ2n) is 8.35. The van der Waals surface area contributed by atoms with Crippen molar-refractivity contribution in [3.8, 4) is 65.3 Å². The van der Waals surface area contributed by atoms with Crippen LogP contribution in [0.3, 0.4) is 0 Å². The van der Waals surface area contributed by atoms with Crippen LogP contribution in [0.5, 0.6) is 11.5 Å². The zero-order valence-corrected chi connectivity index (χ0v) is 23.9. The summed E-state index contributed by atoms with van der Waals surface area (Å²) in [5, 5.41) is 38.7. The molecule has 4 aromatic heterocycles. The molecule has 0 atom stereocenters. The molecule has 0 fully saturated rings. The molecule has 4 aromatic rings. The lowest BCUT2D eigenvalue weighted by molar-refractivity contribution is 0.418. The van der Waals surface area contributed by atoms with E-state index in [0.29, 0.717) is 21.5 Å². The third-order valence-electron chi connectivity index (χ3n) is 5.71. The third-order valence-corrected chi connectivity index (χ3v) is 10.3. The SMILES string of the molecule is COc1cc(N=C(C#N)C#N)sc1-c1nc2c(s1)-c1sc(-c3sc(N=C(C#N)C#N)cc3OC)nc1C2(C)C. The zero-order valence-electron chi connectivity index (χ0n) is 20.7. The van der Waals surface area contributed by atoms with Gasteiger partial charge in [0.2, 0.25) is 11.4 Å². The van der Waals surface area contributed by atoms with E-state index >= 15 is 0 Å².